The zero-order valence-corrected chi connectivity index (χ0v) is 24.5. The van der Waals surface area contributed by atoms with Crippen molar-refractivity contribution in [2.45, 2.75) is 72.5 Å². The molecule has 0 saturated carbocycles. The number of aliphatic carboxylic acids is 1. The molecule has 0 spiro atoms. The molecule has 0 bridgehead atoms. The average Bonchev–Trinajstić information content (AvgIpc) is 3.30. The van der Waals surface area contributed by atoms with Crippen LogP contribution in [0.4, 0.5) is 10.2 Å². The molecular formula is C30H38FN5O5. The van der Waals surface area contributed by atoms with Crippen molar-refractivity contribution in [1.82, 2.24) is 19.9 Å². The van der Waals surface area contributed by atoms with Gasteiger partial charge in [0.05, 0.1) is 17.7 Å². The lowest BCUT2D eigenvalue weighted by Crippen LogP contribution is -2.40. The van der Waals surface area contributed by atoms with Crippen LogP contribution >= 0.6 is 0 Å². The molecule has 1 aromatic carbocycles. The number of hydrogen-bond acceptors (Lipinski definition) is 7. The first kappa shape index (κ1) is 30.1. The van der Waals surface area contributed by atoms with Gasteiger partial charge < -0.3 is 20.1 Å². The van der Waals surface area contributed by atoms with Crippen LogP contribution in [0.25, 0.3) is 5.65 Å². The summed E-state index contributed by atoms with van der Waals surface area (Å²) in [6, 6.07) is 7.14. The third-order valence-corrected chi connectivity index (χ3v) is 7.17. The maximum Gasteiger partial charge on any atom is 0.337 e. The SMILES string of the molecule is Cc1nc2cc(C(=O)NCC(=O)Cc3ccc(F)cc3)nn2c(N2CCC(C)(C)CC2)c1C(OC(C)(C)C)C(=O)O. The molecule has 1 saturated heterocycles. The molecule has 1 atom stereocenters. The Morgan fingerprint density at radius 1 is 1.15 bits per heavy atom. The number of carbonyl (C=O) groups excluding carboxylic acids is 2. The second kappa shape index (κ2) is 11.6. The third kappa shape index (κ3) is 7.27. The Labute approximate surface area is 238 Å². The summed E-state index contributed by atoms with van der Waals surface area (Å²) in [5.74, 6) is -1.81. The number of nitrogens with one attached hydrogen (secondary N) is 1. The van der Waals surface area contributed by atoms with Crippen LogP contribution in [0.3, 0.4) is 0 Å². The number of carbonyl (C=O) groups is 3. The van der Waals surface area contributed by atoms with Crippen molar-refractivity contribution in [1.29, 1.82) is 0 Å². The molecule has 41 heavy (non-hydrogen) atoms. The fourth-order valence-electron chi connectivity index (χ4n) is 4.91. The van der Waals surface area contributed by atoms with E-state index in [1.807, 2.05) is 0 Å². The molecular weight excluding hydrogens is 529 g/mol. The Morgan fingerprint density at radius 2 is 1.78 bits per heavy atom. The summed E-state index contributed by atoms with van der Waals surface area (Å²) >= 11 is 0. The highest BCUT2D eigenvalue weighted by Gasteiger charge is 2.36. The van der Waals surface area contributed by atoms with Gasteiger partial charge in [0.2, 0.25) is 0 Å². The number of amides is 1. The number of ketones is 1. The number of halogens is 1. The van der Waals surface area contributed by atoms with E-state index in [0.717, 1.165) is 12.8 Å². The number of aryl methyl sites for hydroxylation is 1. The summed E-state index contributed by atoms with van der Waals surface area (Å²) in [5, 5.41) is 17.4. The van der Waals surface area contributed by atoms with Gasteiger partial charge in [-0.05, 0) is 63.6 Å². The molecule has 1 fully saturated rings. The normalized spacial score (nSPS) is 16.0. The lowest BCUT2D eigenvalue weighted by molar-refractivity contribution is -0.160. The number of fused-ring (bicyclic) bond motifs is 1. The van der Waals surface area contributed by atoms with Gasteiger partial charge in [0.1, 0.15) is 11.6 Å². The summed E-state index contributed by atoms with van der Waals surface area (Å²) in [7, 11) is 0. The van der Waals surface area contributed by atoms with Crippen molar-refractivity contribution in [3.63, 3.8) is 0 Å². The molecule has 220 valence electrons. The van der Waals surface area contributed by atoms with E-state index in [1.54, 1.807) is 27.7 Å². The minimum atomic E-state index is -1.30. The second-order valence-electron chi connectivity index (χ2n) is 12.4. The number of carboxylic acids is 1. The van der Waals surface area contributed by atoms with Crippen molar-refractivity contribution in [3.8, 4) is 0 Å². The number of rotatable bonds is 9. The van der Waals surface area contributed by atoms with Gasteiger partial charge in [0, 0.05) is 31.3 Å². The summed E-state index contributed by atoms with van der Waals surface area (Å²) in [6.45, 7) is 12.6. The van der Waals surface area contributed by atoms with E-state index in [-0.39, 0.29) is 35.7 Å². The zero-order chi connectivity index (χ0) is 30.1. The molecule has 3 heterocycles. The zero-order valence-electron chi connectivity index (χ0n) is 24.5. The molecule has 3 aromatic rings. The van der Waals surface area contributed by atoms with Crippen molar-refractivity contribution < 1.29 is 28.6 Å². The van der Waals surface area contributed by atoms with Crippen molar-refractivity contribution in [2.24, 2.45) is 5.41 Å². The number of nitrogens with zero attached hydrogens (tertiary/aromatic N) is 4. The summed E-state index contributed by atoms with van der Waals surface area (Å²) in [6.07, 6.45) is 0.522. The number of piperidine rings is 1. The standard InChI is InChI=1S/C30H38FN5O5/c1-18-24(25(28(39)40)41-29(2,3)4)27(35-13-11-30(5,6)12-14-35)36-23(33-18)16-22(34-36)26(38)32-17-21(37)15-19-7-9-20(31)10-8-19/h7-10,16,25H,11-15,17H2,1-6H3,(H,32,38)(H,39,40). The molecule has 0 aliphatic carbocycles. The topological polar surface area (TPSA) is 126 Å². The average molecular weight is 568 g/mol. The molecule has 1 aliphatic heterocycles. The maximum absolute atomic E-state index is 13.1. The molecule has 0 radical (unpaired) electrons. The van der Waals surface area contributed by atoms with Crippen molar-refractivity contribution in [3.05, 3.63) is 58.7 Å². The molecule has 1 amide bonds. The van der Waals surface area contributed by atoms with Crippen LogP contribution in [0.5, 0.6) is 0 Å². The quantitative estimate of drug-likeness (QED) is 0.392. The van der Waals surface area contributed by atoms with Gasteiger partial charge in [-0.2, -0.15) is 9.61 Å². The number of ether oxygens (including phenoxy) is 1. The highest BCUT2D eigenvalue weighted by Crippen LogP contribution is 2.38. The van der Waals surface area contributed by atoms with Crippen LogP contribution in [0.1, 0.15) is 80.9 Å². The van der Waals surface area contributed by atoms with E-state index in [1.165, 1.54) is 34.8 Å². The lowest BCUT2D eigenvalue weighted by Gasteiger charge is -2.39. The van der Waals surface area contributed by atoms with Gasteiger partial charge in [-0.25, -0.2) is 14.2 Å². The van der Waals surface area contributed by atoms with Crippen LogP contribution in [-0.2, 0) is 20.7 Å². The predicted molar refractivity (Wildman–Crippen MR) is 152 cm³/mol. The van der Waals surface area contributed by atoms with Crippen molar-refractivity contribution >= 4 is 29.1 Å². The minimum Gasteiger partial charge on any atom is -0.479 e. The molecule has 11 heteroatoms. The number of hydrogen-bond donors (Lipinski definition) is 2. The van der Waals surface area contributed by atoms with E-state index in [0.29, 0.717) is 41.4 Å². The molecule has 2 N–H and O–H groups in total. The van der Waals surface area contributed by atoms with E-state index in [9.17, 15) is 23.9 Å². The highest BCUT2D eigenvalue weighted by atomic mass is 19.1. The monoisotopic (exact) mass is 567 g/mol. The maximum atomic E-state index is 13.1. The fourth-order valence-corrected chi connectivity index (χ4v) is 4.91. The van der Waals surface area contributed by atoms with Crippen molar-refractivity contribution in [2.75, 3.05) is 24.5 Å². The Balaban J connectivity index is 1.67. The number of anilines is 1. The molecule has 1 unspecified atom stereocenters. The largest absolute Gasteiger partial charge is 0.479 e. The van der Waals surface area contributed by atoms with Crippen LogP contribution < -0.4 is 10.2 Å². The van der Waals surface area contributed by atoms with E-state index in [2.05, 4.69) is 34.1 Å². The molecule has 4 rings (SSSR count). The molecule has 1 aliphatic rings. The first-order chi connectivity index (χ1) is 19.1. The van der Waals surface area contributed by atoms with Gasteiger partial charge in [-0.3, -0.25) is 9.59 Å². The summed E-state index contributed by atoms with van der Waals surface area (Å²) < 4.78 is 20.7. The first-order valence-corrected chi connectivity index (χ1v) is 13.7. The van der Waals surface area contributed by atoms with Gasteiger partial charge >= 0.3 is 5.97 Å². The molecule has 10 nitrogen and oxygen atoms in total. The number of aromatic nitrogens is 3. The van der Waals surface area contributed by atoms with Crippen LogP contribution in [0, 0.1) is 18.2 Å². The van der Waals surface area contributed by atoms with E-state index in [4.69, 9.17) is 4.74 Å². The third-order valence-electron chi connectivity index (χ3n) is 7.17. The Hall–Kier alpha value is -3.86. The number of Topliss-reactive ketones (excluding diaryl/α,β-unsaturated/α-hetero) is 1. The number of carboxylic acid groups (broad SMARTS) is 1. The van der Waals surface area contributed by atoms with Gasteiger partial charge in [-0.1, -0.05) is 26.0 Å². The van der Waals surface area contributed by atoms with Crippen LogP contribution in [0.15, 0.2) is 30.3 Å². The van der Waals surface area contributed by atoms with Gasteiger partial charge in [0.25, 0.3) is 5.91 Å². The Kier molecular flexibility index (Phi) is 8.49. The Bertz CT molecular complexity index is 1450. The van der Waals surface area contributed by atoms with Crippen LogP contribution in [-0.4, -0.2) is 62.6 Å². The summed E-state index contributed by atoms with van der Waals surface area (Å²) in [5.41, 5.74) is 1.33. The number of benzene rings is 1. The highest BCUT2D eigenvalue weighted by molar-refractivity contribution is 5.96. The minimum absolute atomic E-state index is 0.0471. The van der Waals surface area contributed by atoms with E-state index >= 15 is 0 Å². The fraction of sp³-hybridized carbons (Fsp3) is 0.500. The molecule has 2 aromatic heterocycles. The first-order valence-electron chi connectivity index (χ1n) is 13.7. The van der Waals surface area contributed by atoms with Crippen LogP contribution in [0.2, 0.25) is 0 Å². The van der Waals surface area contributed by atoms with E-state index < -0.39 is 23.6 Å². The lowest BCUT2D eigenvalue weighted by atomic mass is 9.82. The van der Waals surface area contributed by atoms with Gasteiger partial charge in [0.15, 0.2) is 23.2 Å². The second-order valence-corrected chi connectivity index (χ2v) is 12.4. The van der Waals surface area contributed by atoms with Gasteiger partial charge in [-0.15, -0.1) is 0 Å². The predicted octanol–water partition coefficient (Wildman–Crippen LogP) is 4.29. The summed E-state index contributed by atoms with van der Waals surface area (Å²) in [4.78, 5) is 44.7. The smallest absolute Gasteiger partial charge is 0.337 e. The Morgan fingerprint density at radius 3 is 2.37 bits per heavy atom.